The fourth-order valence-electron chi connectivity index (χ4n) is 1.52. The van der Waals surface area contributed by atoms with Gasteiger partial charge in [0.2, 0.25) is 0 Å². The number of carbonyl (C=O) groups is 1. The molecule has 0 saturated heterocycles. The highest BCUT2D eigenvalue weighted by Gasteiger charge is 2.16. The standard InChI is InChI=1S/C11H6N2O3S/c14-11(15)8-9-6(3-5-17-9)12-10(13-8)7-2-1-4-16-7/h1-5H,(H,14,15). The fraction of sp³-hybridized carbons (Fsp3) is 0. The van der Waals surface area contributed by atoms with Crippen molar-refractivity contribution < 1.29 is 14.3 Å². The molecule has 3 heterocycles. The molecule has 3 rings (SSSR count). The van der Waals surface area contributed by atoms with E-state index in [1.807, 2.05) is 0 Å². The van der Waals surface area contributed by atoms with Crippen LogP contribution in [0.1, 0.15) is 10.5 Å². The van der Waals surface area contributed by atoms with Gasteiger partial charge >= 0.3 is 5.97 Å². The molecule has 1 N–H and O–H groups in total. The minimum absolute atomic E-state index is 0.0106. The maximum atomic E-state index is 11.1. The molecule has 0 radical (unpaired) electrons. The van der Waals surface area contributed by atoms with Gasteiger partial charge in [0, 0.05) is 0 Å². The van der Waals surface area contributed by atoms with Gasteiger partial charge in [0.1, 0.15) is 0 Å². The summed E-state index contributed by atoms with van der Waals surface area (Å²) in [7, 11) is 0. The second-order valence-corrected chi connectivity index (χ2v) is 4.23. The highest BCUT2D eigenvalue weighted by Crippen LogP contribution is 2.25. The number of nitrogens with zero attached hydrogens (tertiary/aromatic N) is 2. The third-order valence-electron chi connectivity index (χ3n) is 2.25. The van der Waals surface area contributed by atoms with Crippen LogP contribution in [0.4, 0.5) is 0 Å². The van der Waals surface area contributed by atoms with Gasteiger partial charge in [-0.25, -0.2) is 14.8 Å². The van der Waals surface area contributed by atoms with E-state index in [-0.39, 0.29) is 5.69 Å². The summed E-state index contributed by atoms with van der Waals surface area (Å²) in [6, 6.07) is 5.16. The van der Waals surface area contributed by atoms with Crippen LogP contribution in [0.2, 0.25) is 0 Å². The molecule has 0 unspecified atom stereocenters. The number of thiophene rings is 1. The van der Waals surface area contributed by atoms with E-state index in [2.05, 4.69) is 9.97 Å². The molecular weight excluding hydrogens is 240 g/mol. The van der Waals surface area contributed by atoms with Crippen LogP contribution in [0, 0.1) is 0 Å². The van der Waals surface area contributed by atoms with Crippen LogP contribution in [0.25, 0.3) is 21.8 Å². The Morgan fingerprint density at radius 3 is 2.94 bits per heavy atom. The van der Waals surface area contributed by atoms with E-state index in [4.69, 9.17) is 9.52 Å². The molecule has 17 heavy (non-hydrogen) atoms. The highest BCUT2D eigenvalue weighted by molar-refractivity contribution is 7.17. The Morgan fingerprint density at radius 1 is 1.35 bits per heavy atom. The first kappa shape index (κ1) is 9.98. The van der Waals surface area contributed by atoms with Crippen molar-refractivity contribution in [2.24, 2.45) is 0 Å². The second-order valence-electron chi connectivity index (χ2n) is 3.31. The summed E-state index contributed by atoms with van der Waals surface area (Å²) in [5.41, 5.74) is 0.630. The summed E-state index contributed by atoms with van der Waals surface area (Å²) in [5, 5.41) is 10.9. The number of fused-ring (bicyclic) bond motifs is 1. The first-order chi connectivity index (χ1) is 8.25. The van der Waals surface area contributed by atoms with Crippen molar-refractivity contribution in [2.75, 3.05) is 0 Å². The van der Waals surface area contributed by atoms with Crippen molar-refractivity contribution in [3.8, 4) is 11.6 Å². The van der Waals surface area contributed by atoms with E-state index in [1.54, 1.807) is 23.6 Å². The summed E-state index contributed by atoms with van der Waals surface area (Å²) in [5.74, 6) is -0.313. The van der Waals surface area contributed by atoms with Crippen molar-refractivity contribution in [2.45, 2.75) is 0 Å². The van der Waals surface area contributed by atoms with Crippen LogP contribution in [-0.4, -0.2) is 21.0 Å². The van der Waals surface area contributed by atoms with E-state index < -0.39 is 5.97 Å². The van der Waals surface area contributed by atoms with Gasteiger partial charge in [0.05, 0.1) is 16.5 Å². The number of furan rings is 1. The number of aromatic carboxylic acids is 1. The SMILES string of the molecule is O=C(O)c1nc(-c2ccco2)nc2ccsc12. The molecular formula is C11H6N2O3S. The van der Waals surface area contributed by atoms with E-state index in [1.165, 1.54) is 17.6 Å². The molecule has 3 aromatic rings. The van der Waals surface area contributed by atoms with E-state index in [0.29, 0.717) is 21.8 Å². The summed E-state index contributed by atoms with van der Waals surface area (Å²) in [4.78, 5) is 19.4. The predicted molar refractivity (Wildman–Crippen MR) is 62.1 cm³/mol. The number of carboxylic acid groups (broad SMARTS) is 1. The van der Waals surface area contributed by atoms with Crippen LogP contribution < -0.4 is 0 Å². The Morgan fingerprint density at radius 2 is 2.24 bits per heavy atom. The van der Waals surface area contributed by atoms with Gasteiger partial charge in [-0.2, -0.15) is 0 Å². The zero-order valence-corrected chi connectivity index (χ0v) is 9.27. The number of rotatable bonds is 2. The zero-order valence-electron chi connectivity index (χ0n) is 8.45. The monoisotopic (exact) mass is 246 g/mol. The lowest BCUT2D eigenvalue weighted by Gasteiger charge is -1.99. The minimum Gasteiger partial charge on any atom is -0.476 e. The molecule has 0 bridgehead atoms. The molecule has 3 aromatic heterocycles. The lowest BCUT2D eigenvalue weighted by atomic mass is 10.3. The van der Waals surface area contributed by atoms with E-state index in [0.717, 1.165) is 0 Å². The first-order valence-corrected chi connectivity index (χ1v) is 5.66. The lowest BCUT2D eigenvalue weighted by Crippen LogP contribution is -2.03. The number of hydrogen-bond donors (Lipinski definition) is 1. The maximum Gasteiger partial charge on any atom is 0.356 e. The van der Waals surface area contributed by atoms with Gasteiger partial charge in [-0.3, -0.25) is 0 Å². The summed E-state index contributed by atoms with van der Waals surface area (Å²) < 4.78 is 5.74. The molecule has 0 saturated carbocycles. The van der Waals surface area contributed by atoms with Gasteiger partial charge in [0.15, 0.2) is 17.3 Å². The Hall–Kier alpha value is -2.21. The minimum atomic E-state index is -1.06. The van der Waals surface area contributed by atoms with E-state index in [9.17, 15) is 4.79 Å². The second kappa shape index (κ2) is 3.67. The predicted octanol–water partition coefficient (Wildman–Crippen LogP) is 2.65. The Balaban J connectivity index is 2.31. The normalized spacial score (nSPS) is 10.8. The van der Waals surface area contributed by atoms with Crippen LogP contribution in [-0.2, 0) is 0 Å². The van der Waals surface area contributed by atoms with Gasteiger partial charge in [-0.05, 0) is 23.6 Å². The van der Waals surface area contributed by atoms with Crippen molar-refractivity contribution in [3.63, 3.8) is 0 Å². The van der Waals surface area contributed by atoms with Gasteiger partial charge in [-0.1, -0.05) is 0 Å². The molecule has 0 aliphatic heterocycles. The molecule has 0 aliphatic rings. The van der Waals surface area contributed by atoms with Crippen molar-refractivity contribution >= 4 is 27.5 Å². The largest absolute Gasteiger partial charge is 0.476 e. The topological polar surface area (TPSA) is 76.2 Å². The Bertz CT molecular complexity index is 688. The Kier molecular flexibility index (Phi) is 2.15. The average molecular weight is 246 g/mol. The third-order valence-corrected chi connectivity index (χ3v) is 3.16. The molecule has 0 aliphatic carbocycles. The molecule has 0 spiro atoms. The fourth-order valence-corrected chi connectivity index (χ4v) is 2.34. The molecule has 6 heteroatoms. The molecule has 84 valence electrons. The summed E-state index contributed by atoms with van der Waals surface area (Å²) >= 11 is 1.31. The van der Waals surface area contributed by atoms with Crippen LogP contribution >= 0.6 is 11.3 Å². The zero-order chi connectivity index (χ0) is 11.8. The molecule has 0 aromatic carbocycles. The van der Waals surface area contributed by atoms with Gasteiger partial charge < -0.3 is 9.52 Å². The quantitative estimate of drug-likeness (QED) is 0.752. The molecule has 0 fully saturated rings. The van der Waals surface area contributed by atoms with Crippen molar-refractivity contribution in [1.82, 2.24) is 9.97 Å². The summed E-state index contributed by atoms with van der Waals surface area (Å²) in [6.07, 6.45) is 1.50. The summed E-state index contributed by atoms with van der Waals surface area (Å²) in [6.45, 7) is 0. The maximum absolute atomic E-state index is 11.1. The number of hydrogen-bond acceptors (Lipinski definition) is 5. The van der Waals surface area contributed by atoms with Crippen LogP contribution in [0.3, 0.4) is 0 Å². The van der Waals surface area contributed by atoms with Crippen molar-refractivity contribution in [1.29, 1.82) is 0 Å². The Labute approximate surface area is 99.4 Å². The van der Waals surface area contributed by atoms with Crippen LogP contribution in [0.5, 0.6) is 0 Å². The third kappa shape index (κ3) is 1.58. The van der Waals surface area contributed by atoms with Crippen LogP contribution in [0.15, 0.2) is 34.3 Å². The number of carboxylic acids is 1. The molecule has 5 nitrogen and oxygen atoms in total. The smallest absolute Gasteiger partial charge is 0.356 e. The average Bonchev–Trinajstić information content (AvgIpc) is 2.98. The molecule has 0 amide bonds. The van der Waals surface area contributed by atoms with Crippen molar-refractivity contribution in [3.05, 3.63) is 35.5 Å². The molecule has 0 atom stereocenters. The highest BCUT2D eigenvalue weighted by atomic mass is 32.1. The van der Waals surface area contributed by atoms with Gasteiger partial charge in [-0.15, -0.1) is 11.3 Å². The lowest BCUT2D eigenvalue weighted by molar-refractivity contribution is 0.0693. The van der Waals surface area contributed by atoms with E-state index >= 15 is 0 Å². The van der Waals surface area contributed by atoms with Gasteiger partial charge in [0.25, 0.3) is 0 Å². The first-order valence-electron chi connectivity index (χ1n) is 4.78. The number of aromatic nitrogens is 2.